The topological polar surface area (TPSA) is 129 Å². The van der Waals surface area contributed by atoms with E-state index >= 15 is 0 Å². The summed E-state index contributed by atoms with van der Waals surface area (Å²) in [5, 5.41) is 13.9. The SMILES string of the molecule is COc1ccnc(Nc2nc(-c3nccn3C)nn3cc(-c4ccn(C)n4)c(C(=O)NCC(F)(F)F)c23)c1. The summed E-state index contributed by atoms with van der Waals surface area (Å²) in [5.74, 6) is 0.575. The number of carbonyl (C=O) groups is 1. The molecule has 0 saturated heterocycles. The second-order valence-corrected chi connectivity index (χ2v) is 8.24. The molecule has 5 heterocycles. The summed E-state index contributed by atoms with van der Waals surface area (Å²) in [6.45, 7) is -1.52. The number of hydrogen-bond donors (Lipinski definition) is 2. The van der Waals surface area contributed by atoms with Crippen molar-refractivity contribution in [1.82, 2.24) is 44.2 Å². The van der Waals surface area contributed by atoms with Crippen molar-refractivity contribution >= 4 is 23.1 Å². The molecule has 0 saturated carbocycles. The molecule has 2 N–H and O–H groups in total. The minimum Gasteiger partial charge on any atom is -0.497 e. The zero-order valence-corrected chi connectivity index (χ0v) is 20.4. The molecule has 0 fully saturated rings. The summed E-state index contributed by atoms with van der Waals surface area (Å²) in [6.07, 6.45) is 3.35. The van der Waals surface area contributed by atoms with Gasteiger partial charge >= 0.3 is 6.18 Å². The first-order valence-electron chi connectivity index (χ1n) is 11.2. The monoisotopic (exact) mass is 526 g/mol. The molecule has 0 aliphatic rings. The maximum atomic E-state index is 13.2. The zero-order chi connectivity index (χ0) is 27.0. The fraction of sp³-hybridized carbons (Fsp3) is 0.217. The number of amides is 1. The predicted molar refractivity (Wildman–Crippen MR) is 130 cm³/mol. The fourth-order valence-electron chi connectivity index (χ4n) is 3.82. The maximum absolute atomic E-state index is 13.2. The largest absolute Gasteiger partial charge is 0.497 e. The Morgan fingerprint density at radius 3 is 2.58 bits per heavy atom. The van der Waals surface area contributed by atoms with Crippen LogP contribution in [0, 0.1) is 0 Å². The first kappa shape index (κ1) is 24.7. The van der Waals surface area contributed by atoms with E-state index in [-0.39, 0.29) is 28.3 Å². The Labute approximate surface area is 213 Å². The average Bonchev–Trinajstić information content (AvgIpc) is 3.60. The van der Waals surface area contributed by atoms with Gasteiger partial charge in [-0.3, -0.25) is 9.48 Å². The third-order valence-corrected chi connectivity index (χ3v) is 5.53. The van der Waals surface area contributed by atoms with Crippen LogP contribution in [-0.4, -0.2) is 64.7 Å². The number of nitrogens with zero attached hydrogens (tertiary/aromatic N) is 8. The van der Waals surface area contributed by atoms with Gasteiger partial charge in [-0.15, -0.1) is 5.10 Å². The van der Waals surface area contributed by atoms with E-state index < -0.39 is 18.6 Å². The number of imidazole rings is 1. The maximum Gasteiger partial charge on any atom is 0.405 e. The molecule has 0 aromatic carbocycles. The van der Waals surface area contributed by atoms with Gasteiger partial charge in [0.1, 0.15) is 23.6 Å². The van der Waals surface area contributed by atoms with Gasteiger partial charge in [-0.05, 0) is 12.1 Å². The molecule has 0 bridgehead atoms. The van der Waals surface area contributed by atoms with Crippen LogP contribution in [0.25, 0.3) is 28.4 Å². The second-order valence-electron chi connectivity index (χ2n) is 8.24. The highest BCUT2D eigenvalue weighted by molar-refractivity contribution is 6.09. The zero-order valence-electron chi connectivity index (χ0n) is 20.4. The van der Waals surface area contributed by atoms with E-state index in [9.17, 15) is 18.0 Å². The lowest BCUT2D eigenvalue weighted by Crippen LogP contribution is -2.34. The first-order valence-corrected chi connectivity index (χ1v) is 11.2. The molecule has 15 heteroatoms. The number of fused-ring (bicyclic) bond motifs is 1. The number of hydrogen-bond acceptors (Lipinski definition) is 8. The number of halogens is 3. The van der Waals surface area contributed by atoms with Crippen LogP contribution in [0.2, 0.25) is 0 Å². The number of alkyl halides is 3. The number of rotatable bonds is 7. The standard InChI is InChI=1S/C23H21F3N10O2/c1-34-9-7-28-21(34)20-31-19(30-16-10-13(38-3)4-6-27-16)18-17(22(37)29-12-23(24,25)26)14(11-36(18)33-20)15-5-8-35(2)32-15/h4-11H,12H2,1-3H3,(H,29,37)(H,27,30,31,33). The van der Waals surface area contributed by atoms with E-state index in [1.54, 1.807) is 55.5 Å². The number of carbonyl (C=O) groups excluding carboxylic acids is 1. The minimum absolute atomic E-state index is 0.0928. The first-order chi connectivity index (χ1) is 18.1. The van der Waals surface area contributed by atoms with Gasteiger partial charge in [0.05, 0.1) is 18.4 Å². The number of ether oxygens (including phenoxy) is 1. The lowest BCUT2D eigenvalue weighted by atomic mass is 10.1. The quantitative estimate of drug-likeness (QED) is 0.331. The molecule has 0 radical (unpaired) electrons. The number of aryl methyl sites for hydroxylation is 2. The van der Waals surface area contributed by atoms with Crippen LogP contribution in [0.4, 0.5) is 24.8 Å². The average molecular weight is 526 g/mol. The predicted octanol–water partition coefficient (Wildman–Crippen LogP) is 2.97. The molecule has 5 rings (SSSR count). The van der Waals surface area contributed by atoms with Crippen LogP contribution < -0.4 is 15.4 Å². The lowest BCUT2D eigenvalue weighted by molar-refractivity contribution is -0.123. The van der Waals surface area contributed by atoms with Gasteiger partial charge in [0.25, 0.3) is 5.91 Å². The van der Waals surface area contributed by atoms with Crippen molar-refractivity contribution in [3.8, 4) is 28.7 Å². The van der Waals surface area contributed by atoms with Crippen molar-refractivity contribution in [2.24, 2.45) is 14.1 Å². The fourth-order valence-corrected chi connectivity index (χ4v) is 3.82. The van der Waals surface area contributed by atoms with E-state index in [0.29, 0.717) is 23.1 Å². The Hall–Kier alpha value is -4.95. The van der Waals surface area contributed by atoms with E-state index in [2.05, 4.69) is 30.5 Å². The van der Waals surface area contributed by atoms with E-state index in [4.69, 9.17) is 4.74 Å². The van der Waals surface area contributed by atoms with Crippen LogP contribution in [0.1, 0.15) is 10.4 Å². The highest BCUT2D eigenvalue weighted by Crippen LogP contribution is 2.33. The molecule has 1 amide bonds. The normalized spacial score (nSPS) is 11.6. The van der Waals surface area contributed by atoms with Gasteiger partial charge in [-0.2, -0.15) is 18.3 Å². The molecular weight excluding hydrogens is 505 g/mol. The van der Waals surface area contributed by atoms with Gasteiger partial charge in [-0.1, -0.05) is 0 Å². The Kier molecular flexibility index (Phi) is 6.18. The van der Waals surface area contributed by atoms with E-state index in [1.807, 2.05) is 5.32 Å². The minimum atomic E-state index is -4.61. The molecule has 0 aliphatic carbocycles. The lowest BCUT2D eigenvalue weighted by Gasteiger charge is -2.12. The number of anilines is 2. The summed E-state index contributed by atoms with van der Waals surface area (Å²) in [6, 6.07) is 4.89. The third-order valence-electron chi connectivity index (χ3n) is 5.53. The molecule has 196 valence electrons. The second kappa shape index (κ2) is 9.49. The molecule has 38 heavy (non-hydrogen) atoms. The van der Waals surface area contributed by atoms with Gasteiger partial charge in [0, 0.05) is 56.7 Å². The van der Waals surface area contributed by atoms with E-state index in [0.717, 1.165) is 0 Å². The molecule has 0 atom stereocenters. The van der Waals surface area contributed by atoms with Crippen molar-refractivity contribution in [2.45, 2.75) is 6.18 Å². The van der Waals surface area contributed by atoms with Crippen LogP contribution in [0.5, 0.6) is 5.75 Å². The Morgan fingerprint density at radius 1 is 1.11 bits per heavy atom. The molecular formula is C23H21F3N10O2. The molecule has 0 aliphatic heterocycles. The smallest absolute Gasteiger partial charge is 0.405 e. The molecule has 0 unspecified atom stereocenters. The molecule has 5 aromatic heterocycles. The molecule has 5 aromatic rings. The van der Waals surface area contributed by atoms with Crippen LogP contribution >= 0.6 is 0 Å². The van der Waals surface area contributed by atoms with E-state index in [1.165, 1.54) is 28.7 Å². The summed E-state index contributed by atoms with van der Waals surface area (Å²) in [7, 11) is 4.94. The number of pyridine rings is 1. The van der Waals surface area contributed by atoms with Crippen molar-refractivity contribution in [1.29, 1.82) is 0 Å². The third kappa shape index (κ3) is 4.85. The summed E-state index contributed by atoms with van der Waals surface area (Å²) in [5.41, 5.74) is 0.648. The Morgan fingerprint density at radius 2 is 1.92 bits per heavy atom. The number of nitrogens with one attached hydrogen (secondary N) is 2. The highest BCUT2D eigenvalue weighted by atomic mass is 19.4. The van der Waals surface area contributed by atoms with Crippen LogP contribution in [-0.2, 0) is 14.1 Å². The summed E-state index contributed by atoms with van der Waals surface area (Å²) >= 11 is 0. The Balaban J connectivity index is 1.75. The molecule has 12 nitrogen and oxygen atoms in total. The summed E-state index contributed by atoms with van der Waals surface area (Å²) in [4.78, 5) is 26.4. The summed E-state index contributed by atoms with van der Waals surface area (Å²) < 4.78 is 48.8. The number of aromatic nitrogens is 8. The molecule has 0 spiro atoms. The van der Waals surface area contributed by atoms with Gasteiger partial charge < -0.3 is 19.9 Å². The van der Waals surface area contributed by atoms with Gasteiger partial charge in [0.2, 0.25) is 5.82 Å². The van der Waals surface area contributed by atoms with Crippen molar-refractivity contribution in [2.75, 3.05) is 19.0 Å². The number of methoxy groups -OCH3 is 1. The Bertz CT molecular complexity index is 1640. The van der Waals surface area contributed by atoms with Crippen molar-refractivity contribution in [3.05, 3.63) is 54.7 Å². The van der Waals surface area contributed by atoms with Crippen LogP contribution in [0.15, 0.2) is 49.2 Å². The van der Waals surface area contributed by atoms with Crippen molar-refractivity contribution < 1.29 is 22.7 Å². The van der Waals surface area contributed by atoms with Gasteiger partial charge in [0.15, 0.2) is 11.6 Å². The van der Waals surface area contributed by atoms with Gasteiger partial charge in [-0.25, -0.2) is 19.5 Å². The van der Waals surface area contributed by atoms with Crippen molar-refractivity contribution in [3.63, 3.8) is 0 Å². The van der Waals surface area contributed by atoms with Crippen LogP contribution in [0.3, 0.4) is 0 Å². The highest BCUT2D eigenvalue weighted by Gasteiger charge is 2.31.